The Kier molecular flexibility index (Phi) is 2.01. The molecule has 0 atom stereocenters. The minimum absolute atomic E-state index is 0.295. The fraction of sp³-hybridized carbons (Fsp3) is 0.333. The van der Waals surface area contributed by atoms with Gasteiger partial charge in [0.05, 0.1) is 0 Å². The molecule has 0 aliphatic rings. The minimum Gasteiger partial charge on any atom is -0.299 e. The zero-order chi connectivity index (χ0) is 9.30. The van der Waals surface area contributed by atoms with Gasteiger partial charge in [0.15, 0.2) is 0 Å². The number of nitrogens with one attached hydrogen (secondary N) is 1. The Labute approximate surface area is 68.2 Å². The van der Waals surface area contributed by atoms with Crippen LogP contribution < -0.4 is 22.1 Å². The van der Waals surface area contributed by atoms with E-state index in [1.165, 1.54) is 25.2 Å². The number of hydrogen-bond donors (Lipinski definition) is 2. The second kappa shape index (κ2) is 2.82. The molecule has 0 saturated carbocycles. The predicted octanol–water partition coefficient (Wildman–Crippen LogP) is -1.62. The summed E-state index contributed by atoms with van der Waals surface area (Å²) in [6, 6.07) is 1.25. The quantitative estimate of drug-likeness (QED) is 0.392. The van der Waals surface area contributed by atoms with E-state index in [9.17, 15) is 9.59 Å². The molecule has 3 N–H and O–H groups in total. The first-order chi connectivity index (χ1) is 5.52. The highest BCUT2D eigenvalue weighted by Gasteiger charge is 2.00. The number of rotatable bonds is 1. The van der Waals surface area contributed by atoms with Gasteiger partial charge in [-0.15, -0.1) is 0 Å². The first kappa shape index (κ1) is 8.54. The highest BCUT2D eigenvalue weighted by Crippen LogP contribution is 1.94. The van der Waals surface area contributed by atoms with Gasteiger partial charge in [0.2, 0.25) is 0 Å². The average molecular weight is 170 g/mol. The monoisotopic (exact) mass is 170 g/mol. The highest BCUT2D eigenvalue weighted by atomic mass is 16.2. The van der Waals surface area contributed by atoms with Gasteiger partial charge in [-0.05, 0) is 0 Å². The van der Waals surface area contributed by atoms with Crippen LogP contribution in [0.2, 0.25) is 0 Å². The molecule has 0 spiro atoms. The van der Waals surface area contributed by atoms with E-state index >= 15 is 0 Å². The normalized spacial score (nSPS) is 9.92. The topological polar surface area (TPSA) is 84.1 Å². The highest BCUT2D eigenvalue weighted by molar-refractivity contribution is 5.32. The summed E-state index contributed by atoms with van der Waals surface area (Å²) in [5, 5.41) is 1.17. The van der Waals surface area contributed by atoms with E-state index in [1.54, 1.807) is 0 Å². The first-order valence-corrected chi connectivity index (χ1v) is 3.31. The Morgan fingerprint density at radius 1 is 1.58 bits per heavy atom. The molecular weight excluding hydrogens is 160 g/mol. The van der Waals surface area contributed by atoms with Crippen molar-refractivity contribution in [3.63, 3.8) is 0 Å². The predicted molar refractivity (Wildman–Crippen MR) is 44.9 cm³/mol. The smallest absolute Gasteiger partial charge is 0.299 e. The van der Waals surface area contributed by atoms with E-state index in [0.29, 0.717) is 5.82 Å². The summed E-state index contributed by atoms with van der Waals surface area (Å²) in [4.78, 5) is 24.4. The molecular formula is C6H10N4O2. The molecule has 0 amide bonds. The van der Waals surface area contributed by atoms with Crippen LogP contribution in [-0.4, -0.2) is 16.6 Å². The van der Waals surface area contributed by atoms with Crippen molar-refractivity contribution in [3.8, 4) is 0 Å². The molecule has 66 valence electrons. The van der Waals surface area contributed by atoms with Gasteiger partial charge in [0, 0.05) is 20.2 Å². The van der Waals surface area contributed by atoms with E-state index in [0.717, 1.165) is 4.57 Å². The number of H-pyrrole nitrogens is 1. The van der Waals surface area contributed by atoms with Crippen molar-refractivity contribution in [1.82, 2.24) is 9.55 Å². The molecule has 6 heteroatoms. The summed E-state index contributed by atoms with van der Waals surface area (Å²) in [5.41, 5.74) is -0.860. The van der Waals surface area contributed by atoms with Crippen molar-refractivity contribution in [3.05, 3.63) is 26.9 Å². The number of aromatic nitrogens is 2. The third-order valence-corrected chi connectivity index (χ3v) is 1.51. The lowest BCUT2D eigenvalue weighted by Crippen LogP contribution is -2.36. The van der Waals surface area contributed by atoms with Crippen molar-refractivity contribution in [2.75, 3.05) is 12.1 Å². The molecule has 6 nitrogen and oxygen atoms in total. The first-order valence-electron chi connectivity index (χ1n) is 3.31. The van der Waals surface area contributed by atoms with Gasteiger partial charge in [-0.2, -0.15) is 0 Å². The maximum Gasteiger partial charge on any atom is 0.329 e. The molecule has 0 aliphatic carbocycles. The standard InChI is InChI=1S/C6H10N4O2/c1-9-5(11)3-4(10(2)7)8-6(9)12/h3H,7H2,1-2H3,(H,8,12). The third kappa shape index (κ3) is 1.37. The number of hydrogen-bond acceptors (Lipinski definition) is 4. The van der Waals surface area contributed by atoms with E-state index in [2.05, 4.69) is 4.98 Å². The lowest BCUT2D eigenvalue weighted by molar-refractivity contribution is 0.766. The molecule has 0 radical (unpaired) electrons. The summed E-state index contributed by atoms with van der Waals surface area (Å²) in [5.74, 6) is 5.61. The number of anilines is 1. The molecule has 12 heavy (non-hydrogen) atoms. The van der Waals surface area contributed by atoms with Gasteiger partial charge in [-0.1, -0.05) is 0 Å². The Morgan fingerprint density at radius 3 is 2.58 bits per heavy atom. The van der Waals surface area contributed by atoms with Crippen molar-refractivity contribution in [2.24, 2.45) is 12.9 Å². The molecule has 0 aliphatic heterocycles. The van der Waals surface area contributed by atoms with Gasteiger partial charge in [-0.25, -0.2) is 10.6 Å². The summed E-state index contributed by atoms with van der Waals surface area (Å²) in [6.07, 6.45) is 0. The number of hydrazine groups is 1. The largest absolute Gasteiger partial charge is 0.329 e. The van der Waals surface area contributed by atoms with E-state index in [-0.39, 0.29) is 5.56 Å². The van der Waals surface area contributed by atoms with Crippen LogP contribution in [0.1, 0.15) is 0 Å². The maximum atomic E-state index is 11.0. The molecule has 1 aromatic heterocycles. The van der Waals surface area contributed by atoms with E-state index < -0.39 is 5.69 Å². The summed E-state index contributed by atoms with van der Waals surface area (Å²) >= 11 is 0. The summed E-state index contributed by atoms with van der Waals surface area (Å²) in [7, 11) is 2.92. The van der Waals surface area contributed by atoms with Crippen LogP contribution in [0.4, 0.5) is 5.82 Å². The second-order valence-electron chi connectivity index (χ2n) is 2.47. The summed E-state index contributed by atoms with van der Waals surface area (Å²) < 4.78 is 0.965. The van der Waals surface area contributed by atoms with Gasteiger partial charge in [0.1, 0.15) is 5.82 Å². The Morgan fingerprint density at radius 2 is 2.17 bits per heavy atom. The van der Waals surface area contributed by atoms with Crippen molar-refractivity contribution >= 4 is 5.82 Å². The van der Waals surface area contributed by atoms with Crippen LogP contribution in [0.15, 0.2) is 15.7 Å². The van der Waals surface area contributed by atoms with Gasteiger partial charge in [-0.3, -0.25) is 19.4 Å². The molecule has 1 aromatic rings. The SMILES string of the molecule is CN(N)c1cc(=O)n(C)c(=O)[nH]1. The number of nitrogens with two attached hydrogens (primary N) is 1. The van der Waals surface area contributed by atoms with Gasteiger partial charge in [0.25, 0.3) is 5.56 Å². The lowest BCUT2D eigenvalue weighted by Gasteiger charge is -2.10. The zero-order valence-electron chi connectivity index (χ0n) is 6.87. The fourth-order valence-electron chi connectivity index (χ4n) is 0.733. The average Bonchev–Trinajstić information content (AvgIpc) is 1.99. The third-order valence-electron chi connectivity index (χ3n) is 1.51. The molecule has 0 saturated heterocycles. The van der Waals surface area contributed by atoms with Crippen LogP contribution in [0.5, 0.6) is 0 Å². The fourth-order valence-corrected chi connectivity index (χ4v) is 0.733. The Balaban J connectivity index is 3.42. The number of nitrogens with zero attached hydrogens (tertiary/aromatic N) is 2. The molecule has 0 bridgehead atoms. The molecule has 0 fully saturated rings. The lowest BCUT2D eigenvalue weighted by atomic mass is 10.5. The second-order valence-corrected chi connectivity index (χ2v) is 2.47. The molecule has 0 aromatic carbocycles. The van der Waals surface area contributed by atoms with Crippen LogP contribution in [0, 0.1) is 0 Å². The van der Waals surface area contributed by atoms with Crippen molar-refractivity contribution in [1.29, 1.82) is 0 Å². The van der Waals surface area contributed by atoms with Crippen LogP contribution in [-0.2, 0) is 7.05 Å². The van der Waals surface area contributed by atoms with Crippen LogP contribution in [0.3, 0.4) is 0 Å². The summed E-state index contributed by atoms with van der Waals surface area (Å²) in [6.45, 7) is 0. The van der Waals surface area contributed by atoms with Crippen LogP contribution >= 0.6 is 0 Å². The van der Waals surface area contributed by atoms with Crippen LogP contribution in [0.25, 0.3) is 0 Å². The minimum atomic E-state index is -0.477. The zero-order valence-corrected chi connectivity index (χ0v) is 6.87. The van der Waals surface area contributed by atoms with Gasteiger partial charge < -0.3 is 0 Å². The molecule has 1 heterocycles. The van der Waals surface area contributed by atoms with E-state index in [1.807, 2.05) is 0 Å². The Bertz CT molecular complexity index is 358. The van der Waals surface area contributed by atoms with Crippen molar-refractivity contribution in [2.45, 2.75) is 0 Å². The molecule has 1 rings (SSSR count). The van der Waals surface area contributed by atoms with E-state index in [4.69, 9.17) is 5.84 Å². The number of aromatic amines is 1. The Hall–Kier alpha value is -1.56. The maximum absolute atomic E-state index is 11.0. The van der Waals surface area contributed by atoms with Crippen molar-refractivity contribution < 1.29 is 0 Å². The molecule has 0 unspecified atom stereocenters. The van der Waals surface area contributed by atoms with Gasteiger partial charge >= 0.3 is 5.69 Å².